The molecular weight excluding hydrogens is 400 g/mol. The van der Waals surface area contributed by atoms with Crippen molar-refractivity contribution in [2.24, 2.45) is 5.92 Å². The van der Waals surface area contributed by atoms with Gasteiger partial charge in [0.25, 0.3) is 0 Å². The van der Waals surface area contributed by atoms with E-state index < -0.39 is 11.2 Å². The molecule has 1 aliphatic carbocycles. The maximum Gasteiger partial charge on any atom is 0.335 e. The lowest BCUT2D eigenvalue weighted by Crippen LogP contribution is -2.24. The third kappa shape index (κ3) is 6.10. The third-order valence-corrected chi connectivity index (χ3v) is 6.23. The van der Waals surface area contributed by atoms with E-state index in [1.807, 2.05) is 24.3 Å². The van der Waals surface area contributed by atoms with Gasteiger partial charge in [-0.25, -0.2) is 4.79 Å². The van der Waals surface area contributed by atoms with Gasteiger partial charge < -0.3 is 15.7 Å². The van der Waals surface area contributed by atoms with Gasteiger partial charge in [-0.1, -0.05) is 31.4 Å². The Hall–Kier alpha value is -2.80. The number of rotatable bonds is 7. The van der Waals surface area contributed by atoms with Crippen LogP contribution in [0.4, 0.5) is 11.4 Å². The fourth-order valence-electron chi connectivity index (χ4n) is 3.49. The second kappa shape index (κ2) is 10.3. The first-order chi connectivity index (χ1) is 14.4. The van der Waals surface area contributed by atoms with Gasteiger partial charge in [0, 0.05) is 22.2 Å². The van der Waals surface area contributed by atoms with Crippen molar-refractivity contribution >= 4 is 40.9 Å². The fraction of sp³-hybridized carbons (Fsp3) is 0.348. The van der Waals surface area contributed by atoms with Gasteiger partial charge in [0.05, 0.1) is 10.8 Å². The lowest BCUT2D eigenvalue weighted by atomic mass is 9.88. The molecule has 1 unspecified atom stereocenters. The number of carboxylic acids is 1. The van der Waals surface area contributed by atoms with Crippen molar-refractivity contribution in [3.63, 3.8) is 0 Å². The molecule has 0 aliphatic heterocycles. The summed E-state index contributed by atoms with van der Waals surface area (Å²) in [5.74, 6) is -1.11. The molecule has 1 fully saturated rings. The minimum absolute atomic E-state index is 0.0703. The first-order valence-electron chi connectivity index (χ1n) is 10.1. The van der Waals surface area contributed by atoms with Crippen LogP contribution in [-0.2, 0) is 9.59 Å². The molecule has 2 amide bonds. The summed E-state index contributed by atoms with van der Waals surface area (Å²) >= 11 is 1.38. The van der Waals surface area contributed by atoms with Gasteiger partial charge in [0.2, 0.25) is 11.8 Å². The quantitative estimate of drug-likeness (QED) is 0.540. The van der Waals surface area contributed by atoms with Crippen LogP contribution < -0.4 is 10.6 Å². The molecule has 1 atom stereocenters. The molecule has 2 aromatic carbocycles. The molecular formula is C23H26N2O4S. The molecule has 0 radical (unpaired) electrons. The van der Waals surface area contributed by atoms with Gasteiger partial charge in [-0.05, 0) is 56.2 Å². The third-order valence-electron chi connectivity index (χ3n) is 5.14. The van der Waals surface area contributed by atoms with Crippen LogP contribution in [0.5, 0.6) is 0 Å². The summed E-state index contributed by atoms with van der Waals surface area (Å²) in [5, 5.41) is 14.4. The van der Waals surface area contributed by atoms with Crippen molar-refractivity contribution in [1.82, 2.24) is 0 Å². The highest BCUT2D eigenvalue weighted by atomic mass is 32.2. The standard InChI is InChI=1S/C23H26N2O4S/c1-15(21(26)24-18-10-5-9-17(13-18)23(28)29)30-20-12-6-11-19(14-20)25-22(27)16-7-3-2-4-8-16/h5-6,9-16H,2-4,7-8H2,1H3,(H,24,26)(H,25,27)(H,28,29). The van der Waals surface area contributed by atoms with E-state index in [0.717, 1.165) is 36.3 Å². The first kappa shape index (κ1) is 21.9. The van der Waals surface area contributed by atoms with Crippen molar-refractivity contribution in [3.8, 4) is 0 Å². The summed E-state index contributed by atoms with van der Waals surface area (Å²) in [6.45, 7) is 1.79. The van der Waals surface area contributed by atoms with E-state index in [-0.39, 0.29) is 23.3 Å². The van der Waals surface area contributed by atoms with Crippen molar-refractivity contribution < 1.29 is 19.5 Å². The summed E-state index contributed by atoms with van der Waals surface area (Å²) in [5.41, 5.74) is 1.30. The van der Waals surface area contributed by atoms with E-state index in [1.165, 1.54) is 30.3 Å². The van der Waals surface area contributed by atoms with Crippen molar-refractivity contribution in [2.75, 3.05) is 10.6 Å². The summed E-state index contributed by atoms with van der Waals surface area (Å²) in [6, 6.07) is 13.6. The lowest BCUT2D eigenvalue weighted by molar-refractivity contribution is -0.120. The Morgan fingerprint density at radius 3 is 2.33 bits per heavy atom. The SMILES string of the molecule is CC(Sc1cccc(NC(=O)C2CCCCC2)c1)C(=O)Nc1cccc(C(=O)O)c1. The molecule has 3 N–H and O–H groups in total. The number of amides is 2. The van der Waals surface area contributed by atoms with Gasteiger partial charge in [-0.15, -0.1) is 11.8 Å². The maximum atomic E-state index is 12.5. The van der Waals surface area contributed by atoms with Crippen LogP contribution in [0.2, 0.25) is 0 Å². The average molecular weight is 427 g/mol. The molecule has 0 saturated heterocycles. The van der Waals surface area contributed by atoms with Crippen LogP contribution in [0.3, 0.4) is 0 Å². The highest BCUT2D eigenvalue weighted by Crippen LogP contribution is 2.28. The predicted octanol–water partition coefficient (Wildman–Crippen LogP) is 5.02. The molecule has 1 aliphatic rings. The van der Waals surface area contributed by atoms with E-state index in [4.69, 9.17) is 5.11 Å². The van der Waals surface area contributed by atoms with E-state index in [9.17, 15) is 14.4 Å². The topological polar surface area (TPSA) is 95.5 Å². The van der Waals surface area contributed by atoms with E-state index in [1.54, 1.807) is 19.1 Å². The van der Waals surface area contributed by atoms with Crippen molar-refractivity contribution in [1.29, 1.82) is 0 Å². The van der Waals surface area contributed by atoms with E-state index in [0.29, 0.717) is 5.69 Å². The molecule has 3 rings (SSSR count). The Bertz CT molecular complexity index is 925. The molecule has 158 valence electrons. The van der Waals surface area contributed by atoms with Crippen LogP contribution in [0.1, 0.15) is 49.4 Å². The number of carbonyl (C=O) groups is 3. The second-order valence-electron chi connectivity index (χ2n) is 7.49. The first-order valence-corrected chi connectivity index (χ1v) is 11.0. The second-order valence-corrected chi connectivity index (χ2v) is 8.90. The highest BCUT2D eigenvalue weighted by Gasteiger charge is 2.21. The molecule has 30 heavy (non-hydrogen) atoms. The van der Waals surface area contributed by atoms with Gasteiger partial charge in [-0.2, -0.15) is 0 Å². The molecule has 0 aromatic heterocycles. The average Bonchev–Trinajstić information content (AvgIpc) is 2.74. The minimum atomic E-state index is -1.04. The number of nitrogens with one attached hydrogen (secondary N) is 2. The number of anilines is 2. The molecule has 0 spiro atoms. The van der Waals surface area contributed by atoms with Gasteiger partial charge in [0.1, 0.15) is 0 Å². The summed E-state index contributed by atoms with van der Waals surface area (Å²) in [4.78, 5) is 36.9. The Labute approximate surface area is 180 Å². The lowest BCUT2D eigenvalue weighted by Gasteiger charge is -2.21. The molecule has 0 bridgehead atoms. The largest absolute Gasteiger partial charge is 0.478 e. The smallest absolute Gasteiger partial charge is 0.335 e. The fourth-order valence-corrected chi connectivity index (χ4v) is 4.41. The number of hydrogen-bond acceptors (Lipinski definition) is 4. The molecule has 6 nitrogen and oxygen atoms in total. The molecule has 2 aromatic rings. The molecule has 7 heteroatoms. The number of benzene rings is 2. The van der Waals surface area contributed by atoms with Crippen LogP contribution in [0, 0.1) is 5.92 Å². The van der Waals surface area contributed by atoms with Crippen molar-refractivity contribution in [2.45, 2.75) is 49.2 Å². The van der Waals surface area contributed by atoms with Crippen LogP contribution in [0.15, 0.2) is 53.4 Å². The number of thioether (sulfide) groups is 1. The number of aromatic carboxylic acids is 1. The monoisotopic (exact) mass is 426 g/mol. The zero-order valence-electron chi connectivity index (χ0n) is 16.9. The zero-order chi connectivity index (χ0) is 21.5. The zero-order valence-corrected chi connectivity index (χ0v) is 17.7. The van der Waals surface area contributed by atoms with Crippen LogP contribution >= 0.6 is 11.8 Å². The van der Waals surface area contributed by atoms with Gasteiger partial charge >= 0.3 is 5.97 Å². The summed E-state index contributed by atoms with van der Waals surface area (Å²) in [6.07, 6.45) is 5.31. The predicted molar refractivity (Wildman–Crippen MR) is 119 cm³/mol. The maximum absolute atomic E-state index is 12.5. The van der Waals surface area contributed by atoms with Crippen LogP contribution in [0.25, 0.3) is 0 Å². The Morgan fingerprint density at radius 2 is 1.63 bits per heavy atom. The number of hydrogen-bond donors (Lipinski definition) is 3. The van der Waals surface area contributed by atoms with Gasteiger partial charge in [-0.3, -0.25) is 9.59 Å². The number of carbonyl (C=O) groups excluding carboxylic acids is 2. The Morgan fingerprint density at radius 1 is 0.967 bits per heavy atom. The van der Waals surface area contributed by atoms with Gasteiger partial charge in [0.15, 0.2) is 0 Å². The summed E-state index contributed by atoms with van der Waals surface area (Å²) in [7, 11) is 0. The summed E-state index contributed by atoms with van der Waals surface area (Å²) < 4.78 is 0. The van der Waals surface area contributed by atoms with Crippen LogP contribution in [-0.4, -0.2) is 28.1 Å². The number of carboxylic acid groups (broad SMARTS) is 1. The normalized spacial score (nSPS) is 15.2. The Balaban J connectivity index is 1.58. The van der Waals surface area contributed by atoms with Crippen molar-refractivity contribution in [3.05, 3.63) is 54.1 Å². The minimum Gasteiger partial charge on any atom is -0.478 e. The van der Waals surface area contributed by atoms with E-state index >= 15 is 0 Å². The highest BCUT2D eigenvalue weighted by molar-refractivity contribution is 8.00. The Kier molecular flexibility index (Phi) is 7.52. The van der Waals surface area contributed by atoms with E-state index in [2.05, 4.69) is 10.6 Å². The molecule has 0 heterocycles. The molecule has 1 saturated carbocycles.